The minimum atomic E-state index is -0.666. The van der Waals surface area contributed by atoms with Crippen LogP contribution in [0.3, 0.4) is 0 Å². The van der Waals surface area contributed by atoms with Crippen molar-refractivity contribution in [2.75, 3.05) is 33.3 Å². The molecule has 2 aliphatic heterocycles. The zero-order valence-electron chi connectivity index (χ0n) is 15.5. The van der Waals surface area contributed by atoms with E-state index in [1.54, 1.807) is 7.11 Å². The molecular weight excluding hydrogens is 373 g/mol. The van der Waals surface area contributed by atoms with Gasteiger partial charge < -0.3 is 15.4 Å². The molecule has 0 unspecified atom stereocenters. The molecular formula is C19H31Cl2N3O2. The predicted molar refractivity (Wildman–Crippen MR) is 109 cm³/mol. The Morgan fingerprint density at radius 3 is 2.27 bits per heavy atom. The van der Waals surface area contributed by atoms with Crippen LogP contribution in [0.15, 0.2) is 24.3 Å². The first kappa shape index (κ1) is 23.2. The molecule has 2 heterocycles. The number of halogens is 2. The number of hydrogen-bond donors (Lipinski definition) is 2. The number of nitrogens with zero attached hydrogens (tertiary/aromatic N) is 1. The van der Waals surface area contributed by atoms with Crippen LogP contribution >= 0.6 is 24.8 Å². The average Bonchev–Trinajstić information content (AvgIpc) is 3.14. The molecule has 0 spiro atoms. The normalized spacial score (nSPS) is 19.3. The van der Waals surface area contributed by atoms with Crippen molar-refractivity contribution in [2.24, 2.45) is 0 Å². The van der Waals surface area contributed by atoms with Gasteiger partial charge in [-0.25, -0.2) is 0 Å². The van der Waals surface area contributed by atoms with Gasteiger partial charge in [0, 0.05) is 20.2 Å². The van der Waals surface area contributed by atoms with Crippen molar-refractivity contribution in [3.8, 4) is 0 Å². The van der Waals surface area contributed by atoms with Crippen LogP contribution in [-0.4, -0.2) is 49.7 Å². The molecule has 0 aromatic heterocycles. The van der Waals surface area contributed by atoms with E-state index in [0.29, 0.717) is 6.54 Å². The molecule has 26 heavy (non-hydrogen) atoms. The van der Waals surface area contributed by atoms with Crippen molar-refractivity contribution < 1.29 is 9.53 Å². The van der Waals surface area contributed by atoms with Gasteiger partial charge in [0.15, 0.2) is 0 Å². The van der Waals surface area contributed by atoms with Crippen LogP contribution in [0.25, 0.3) is 0 Å². The van der Waals surface area contributed by atoms with Gasteiger partial charge in [-0.05, 0) is 63.0 Å². The Morgan fingerprint density at radius 2 is 1.69 bits per heavy atom. The maximum absolute atomic E-state index is 12.6. The van der Waals surface area contributed by atoms with Gasteiger partial charge in [-0.3, -0.25) is 9.69 Å². The van der Waals surface area contributed by atoms with Gasteiger partial charge in [-0.15, -0.1) is 24.8 Å². The fraction of sp³-hybridized carbons (Fsp3) is 0.632. The van der Waals surface area contributed by atoms with Crippen molar-refractivity contribution in [3.05, 3.63) is 35.4 Å². The first-order valence-electron chi connectivity index (χ1n) is 9.06. The van der Waals surface area contributed by atoms with E-state index in [1.165, 1.54) is 31.5 Å². The molecule has 2 aliphatic rings. The molecule has 7 heteroatoms. The summed E-state index contributed by atoms with van der Waals surface area (Å²) in [6.45, 7) is 5.67. The lowest BCUT2D eigenvalue weighted by Crippen LogP contribution is -2.53. The van der Waals surface area contributed by atoms with E-state index < -0.39 is 5.60 Å². The zero-order valence-corrected chi connectivity index (χ0v) is 17.1. The third-order valence-electron chi connectivity index (χ3n) is 5.30. The largest absolute Gasteiger partial charge is 0.368 e. The molecule has 1 aromatic carbocycles. The average molecular weight is 404 g/mol. The molecule has 0 atom stereocenters. The molecule has 3 rings (SSSR count). The first-order chi connectivity index (χ1) is 11.7. The van der Waals surface area contributed by atoms with E-state index in [4.69, 9.17) is 4.74 Å². The number of methoxy groups -OCH3 is 1. The first-order valence-corrected chi connectivity index (χ1v) is 9.06. The Labute approximate surface area is 169 Å². The molecule has 1 amide bonds. The summed E-state index contributed by atoms with van der Waals surface area (Å²) in [6.07, 6.45) is 4.09. The maximum Gasteiger partial charge on any atom is 0.252 e. The minimum absolute atomic E-state index is 0. The fourth-order valence-electron chi connectivity index (χ4n) is 3.66. The van der Waals surface area contributed by atoms with Crippen LogP contribution < -0.4 is 10.6 Å². The lowest BCUT2D eigenvalue weighted by Gasteiger charge is -2.34. The highest BCUT2D eigenvalue weighted by molar-refractivity contribution is 5.86. The molecule has 0 saturated carbocycles. The van der Waals surface area contributed by atoms with Crippen LogP contribution in [0, 0.1) is 0 Å². The Bertz CT molecular complexity index is 542. The molecule has 0 bridgehead atoms. The number of carbonyl (C=O) groups is 1. The number of rotatable bonds is 6. The monoisotopic (exact) mass is 403 g/mol. The van der Waals surface area contributed by atoms with Gasteiger partial charge in [0.25, 0.3) is 5.91 Å². The summed E-state index contributed by atoms with van der Waals surface area (Å²) in [6, 6.07) is 8.59. The number of carbonyl (C=O) groups excluding carboxylic acids is 1. The number of nitrogens with one attached hydrogen (secondary N) is 2. The second kappa shape index (κ2) is 11.1. The van der Waals surface area contributed by atoms with Gasteiger partial charge in [0.05, 0.1) is 0 Å². The van der Waals surface area contributed by atoms with Crippen molar-refractivity contribution in [3.63, 3.8) is 0 Å². The van der Waals surface area contributed by atoms with E-state index >= 15 is 0 Å². The van der Waals surface area contributed by atoms with Gasteiger partial charge in [0.2, 0.25) is 0 Å². The van der Waals surface area contributed by atoms with Crippen LogP contribution in [0.5, 0.6) is 0 Å². The smallest absolute Gasteiger partial charge is 0.252 e. The van der Waals surface area contributed by atoms with Crippen molar-refractivity contribution in [1.29, 1.82) is 0 Å². The number of benzene rings is 1. The van der Waals surface area contributed by atoms with Crippen molar-refractivity contribution in [2.45, 2.75) is 44.4 Å². The predicted octanol–water partition coefficient (Wildman–Crippen LogP) is 2.51. The van der Waals surface area contributed by atoms with Gasteiger partial charge >= 0.3 is 0 Å². The number of hydrogen-bond acceptors (Lipinski definition) is 4. The van der Waals surface area contributed by atoms with E-state index in [1.807, 2.05) is 0 Å². The second-order valence-corrected chi connectivity index (χ2v) is 6.93. The highest BCUT2D eigenvalue weighted by Crippen LogP contribution is 2.22. The van der Waals surface area contributed by atoms with E-state index in [2.05, 4.69) is 39.8 Å². The second-order valence-electron chi connectivity index (χ2n) is 6.93. The molecule has 148 valence electrons. The summed E-state index contributed by atoms with van der Waals surface area (Å²) in [7, 11) is 1.64. The van der Waals surface area contributed by atoms with E-state index in [0.717, 1.165) is 38.0 Å². The van der Waals surface area contributed by atoms with Crippen LogP contribution in [0.2, 0.25) is 0 Å². The third-order valence-corrected chi connectivity index (χ3v) is 5.30. The van der Waals surface area contributed by atoms with Crippen LogP contribution in [0.4, 0.5) is 0 Å². The Balaban J connectivity index is 0.00000169. The Morgan fingerprint density at radius 1 is 1.12 bits per heavy atom. The molecule has 2 N–H and O–H groups in total. The quantitative estimate of drug-likeness (QED) is 0.765. The number of amides is 1. The topological polar surface area (TPSA) is 53.6 Å². The highest BCUT2D eigenvalue weighted by atomic mass is 35.5. The fourth-order valence-corrected chi connectivity index (χ4v) is 3.66. The van der Waals surface area contributed by atoms with Crippen LogP contribution in [-0.2, 0) is 22.6 Å². The molecule has 5 nitrogen and oxygen atoms in total. The SMILES string of the molecule is COC1(C(=O)NCc2ccc(CN3CCCC3)cc2)CCNCC1.Cl.Cl. The Hall–Kier alpha value is -0.850. The lowest BCUT2D eigenvalue weighted by molar-refractivity contribution is -0.146. The molecule has 1 aromatic rings. The number of ether oxygens (including phenoxy) is 1. The summed E-state index contributed by atoms with van der Waals surface area (Å²) < 4.78 is 5.56. The summed E-state index contributed by atoms with van der Waals surface area (Å²) in [5, 5.41) is 6.33. The molecule has 0 radical (unpaired) electrons. The van der Waals surface area contributed by atoms with E-state index in [9.17, 15) is 4.79 Å². The number of piperidine rings is 1. The Kier molecular flexibility index (Phi) is 9.90. The lowest BCUT2D eigenvalue weighted by atomic mass is 9.91. The maximum atomic E-state index is 12.6. The van der Waals surface area contributed by atoms with Gasteiger partial charge in [-0.2, -0.15) is 0 Å². The third kappa shape index (κ3) is 5.83. The highest BCUT2D eigenvalue weighted by Gasteiger charge is 2.39. The minimum Gasteiger partial charge on any atom is -0.368 e. The van der Waals surface area contributed by atoms with E-state index in [-0.39, 0.29) is 30.7 Å². The zero-order chi connectivity index (χ0) is 16.8. The summed E-state index contributed by atoms with van der Waals surface area (Å²) in [4.78, 5) is 15.0. The molecule has 2 saturated heterocycles. The molecule has 2 fully saturated rings. The van der Waals surface area contributed by atoms with Gasteiger partial charge in [0.1, 0.15) is 5.60 Å². The van der Waals surface area contributed by atoms with Gasteiger partial charge in [-0.1, -0.05) is 24.3 Å². The standard InChI is InChI=1S/C19H29N3O2.2ClH/c1-24-19(8-10-20-11-9-19)18(23)21-14-16-4-6-17(7-5-16)15-22-12-2-3-13-22;;/h4-7,20H,2-3,8-15H2,1H3,(H,21,23);2*1H. The summed E-state index contributed by atoms with van der Waals surface area (Å²) >= 11 is 0. The number of likely N-dealkylation sites (tertiary alicyclic amines) is 1. The molecule has 0 aliphatic carbocycles. The van der Waals surface area contributed by atoms with Crippen LogP contribution in [0.1, 0.15) is 36.8 Å². The van der Waals surface area contributed by atoms with Crippen molar-refractivity contribution >= 4 is 30.7 Å². The van der Waals surface area contributed by atoms with Crippen molar-refractivity contribution in [1.82, 2.24) is 15.5 Å². The summed E-state index contributed by atoms with van der Waals surface area (Å²) in [5.74, 6) is 0.00708. The summed E-state index contributed by atoms with van der Waals surface area (Å²) in [5.41, 5.74) is 1.81.